The standard InChI is InChI=1S/C27H26N8O3/c1-16-8-9-19(32-25(36)17-6-5-7-18(10-17)27(2,3)14-28)11-20(16)33-24-12-21(26(37)38)34-35(24)23-13-22(29-4)30-15-31-23/h5-13,15,33H,1-4H3,(H,32,36)(H,37,38)(H,29,30,31). The van der Waals surface area contributed by atoms with Gasteiger partial charge in [0.1, 0.15) is 18.0 Å². The number of amides is 1. The molecule has 0 aliphatic heterocycles. The smallest absolute Gasteiger partial charge is 0.356 e. The molecule has 4 rings (SSSR count). The summed E-state index contributed by atoms with van der Waals surface area (Å²) in [6.07, 6.45) is 1.35. The molecule has 2 aromatic heterocycles. The first-order chi connectivity index (χ1) is 18.1. The zero-order chi connectivity index (χ0) is 27.4. The van der Waals surface area contributed by atoms with Crippen LogP contribution in [0.1, 0.15) is 45.8 Å². The fourth-order valence-electron chi connectivity index (χ4n) is 3.64. The number of nitrogens with one attached hydrogen (secondary N) is 3. The molecule has 0 unspecified atom stereocenters. The second-order valence-electron chi connectivity index (χ2n) is 9.07. The van der Waals surface area contributed by atoms with E-state index in [0.29, 0.717) is 34.4 Å². The highest BCUT2D eigenvalue weighted by atomic mass is 16.4. The van der Waals surface area contributed by atoms with E-state index in [-0.39, 0.29) is 11.6 Å². The second kappa shape index (κ2) is 10.4. The van der Waals surface area contributed by atoms with Crippen LogP contribution in [-0.4, -0.2) is 43.8 Å². The lowest BCUT2D eigenvalue weighted by Gasteiger charge is -2.17. The second-order valence-corrected chi connectivity index (χ2v) is 9.07. The van der Waals surface area contributed by atoms with Gasteiger partial charge in [0, 0.05) is 36.1 Å². The Bertz CT molecular complexity index is 1570. The maximum Gasteiger partial charge on any atom is 0.356 e. The Morgan fingerprint density at radius 1 is 1.08 bits per heavy atom. The molecule has 0 atom stereocenters. The minimum absolute atomic E-state index is 0.167. The molecular formula is C27H26N8O3. The van der Waals surface area contributed by atoms with Crippen LogP contribution in [0.2, 0.25) is 0 Å². The van der Waals surface area contributed by atoms with Crippen molar-refractivity contribution in [3.63, 3.8) is 0 Å². The van der Waals surface area contributed by atoms with Gasteiger partial charge in [-0.25, -0.2) is 14.8 Å². The molecule has 0 saturated heterocycles. The van der Waals surface area contributed by atoms with E-state index < -0.39 is 11.4 Å². The molecule has 0 bridgehead atoms. The number of anilines is 4. The number of hydrogen-bond donors (Lipinski definition) is 4. The lowest BCUT2D eigenvalue weighted by atomic mass is 9.85. The number of nitrogens with zero attached hydrogens (tertiary/aromatic N) is 5. The molecule has 0 fully saturated rings. The number of nitriles is 1. The van der Waals surface area contributed by atoms with Crippen LogP contribution in [0, 0.1) is 18.3 Å². The van der Waals surface area contributed by atoms with Crippen LogP contribution < -0.4 is 16.0 Å². The van der Waals surface area contributed by atoms with Crippen molar-refractivity contribution in [2.75, 3.05) is 23.0 Å². The number of carboxylic acid groups (broad SMARTS) is 1. The predicted molar refractivity (Wildman–Crippen MR) is 143 cm³/mol. The van der Waals surface area contributed by atoms with Gasteiger partial charge in [0.2, 0.25) is 0 Å². The van der Waals surface area contributed by atoms with Crippen LogP contribution >= 0.6 is 0 Å². The van der Waals surface area contributed by atoms with Crippen molar-refractivity contribution in [2.24, 2.45) is 0 Å². The van der Waals surface area contributed by atoms with Crippen molar-refractivity contribution in [1.29, 1.82) is 5.26 Å². The van der Waals surface area contributed by atoms with Crippen molar-refractivity contribution in [3.8, 4) is 11.9 Å². The molecule has 11 heteroatoms. The maximum atomic E-state index is 13.0. The number of carbonyl (C=O) groups excluding carboxylic acids is 1. The molecule has 2 aromatic carbocycles. The Hall–Kier alpha value is -5.24. The van der Waals surface area contributed by atoms with E-state index in [1.807, 2.05) is 19.1 Å². The summed E-state index contributed by atoms with van der Waals surface area (Å²) in [5.74, 6) is -0.248. The van der Waals surface area contributed by atoms with Crippen molar-refractivity contribution in [3.05, 3.63) is 83.3 Å². The van der Waals surface area contributed by atoms with E-state index in [9.17, 15) is 20.0 Å². The summed E-state index contributed by atoms with van der Waals surface area (Å²) in [6, 6.07) is 17.6. The third-order valence-electron chi connectivity index (χ3n) is 5.94. The Balaban J connectivity index is 1.63. The molecule has 38 heavy (non-hydrogen) atoms. The molecule has 0 aliphatic carbocycles. The fraction of sp³-hybridized carbons (Fsp3) is 0.185. The number of carbonyl (C=O) groups is 2. The topological polar surface area (TPSA) is 158 Å². The van der Waals surface area contributed by atoms with Gasteiger partial charge in [-0.3, -0.25) is 4.79 Å². The number of benzene rings is 2. The van der Waals surface area contributed by atoms with Crippen LogP contribution in [0.4, 0.5) is 23.0 Å². The number of aromatic nitrogens is 4. The largest absolute Gasteiger partial charge is 0.476 e. The van der Waals surface area contributed by atoms with E-state index in [1.54, 1.807) is 57.3 Å². The van der Waals surface area contributed by atoms with Gasteiger partial charge in [-0.1, -0.05) is 18.2 Å². The molecule has 0 radical (unpaired) electrons. The first-order valence-electron chi connectivity index (χ1n) is 11.7. The molecular weight excluding hydrogens is 484 g/mol. The Kier molecular flexibility index (Phi) is 7.07. The van der Waals surface area contributed by atoms with Gasteiger partial charge in [0.15, 0.2) is 11.5 Å². The van der Waals surface area contributed by atoms with Gasteiger partial charge in [0.25, 0.3) is 5.91 Å². The quantitative estimate of drug-likeness (QED) is 0.268. The predicted octanol–water partition coefficient (Wildman–Crippen LogP) is 4.51. The SMILES string of the molecule is CNc1cc(-n2nc(C(=O)O)cc2Nc2cc(NC(=O)c3cccc(C(C)(C)C#N)c3)ccc2C)ncn1. The van der Waals surface area contributed by atoms with Gasteiger partial charge in [0.05, 0.1) is 11.5 Å². The van der Waals surface area contributed by atoms with Crippen molar-refractivity contribution >= 4 is 34.9 Å². The van der Waals surface area contributed by atoms with E-state index in [0.717, 1.165) is 11.1 Å². The van der Waals surface area contributed by atoms with Crippen molar-refractivity contribution in [2.45, 2.75) is 26.2 Å². The van der Waals surface area contributed by atoms with Crippen molar-refractivity contribution in [1.82, 2.24) is 19.7 Å². The highest BCUT2D eigenvalue weighted by Gasteiger charge is 2.21. The van der Waals surface area contributed by atoms with Gasteiger partial charge in [-0.2, -0.15) is 15.0 Å². The molecule has 192 valence electrons. The van der Waals surface area contributed by atoms with Crippen LogP contribution in [0.3, 0.4) is 0 Å². The third-order valence-corrected chi connectivity index (χ3v) is 5.94. The average Bonchev–Trinajstić information content (AvgIpc) is 3.35. The van der Waals surface area contributed by atoms with Crippen LogP contribution in [-0.2, 0) is 5.41 Å². The van der Waals surface area contributed by atoms with Gasteiger partial charge < -0.3 is 21.1 Å². The summed E-state index contributed by atoms with van der Waals surface area (Å²) in [4.78, 5) is 32.9. The van der Waals surface area contributed by atoms with Gasteiger partial charge in [-0.05, 0) is 56.2 Å². The Morgan fingerprint density at radius 3 is 2.58 bits per heavy atom. The molecule has 0 saturated carbocycles. The third kappa shape index (κ3) is 5.44. The number of hydrogen-bond acceptors (Lipinski definition) is 8. The van der Waals surface area contributed by atoms with E-state index in [2.05, 4.69) is 37.1 Å². The van der Waals surface area contributed by atoms with Crippen molar-refractivity contribution < 1.29 is 14.7 Å². The zero-order valence-corrected chi connectivity index (χ0v) is 21.3. The highest BCUT2D eigenvalue weighted by molar-refractivity contribution is 6.04. The zero-order valence-electron chi connectivity index (χ0n) is 21.3. The van der Waals surface area contributed by atoms with Crippen LogP contribution in [0.5, 0.6) is 0 Å². The minimum Gasteiger partial charge on any atom is -0.476 e. The lowest BCUT2D eigenvalue weighted by molar-refractivity contribution is 0.0689. The number of aryl methyl sites for hydroxylation is 1. The number of rotatable bonds is 8. The number of carboxylic acids is 1. The summed E-state index contributed by atoms with van der Waals surface area (Å²) in [5, 5.41) is 32.1. The summed E-state index contributed by atoms with van der Waals surface area (Å²) in [7, 11) is 1.71. The summed E-state index contributed by atoms with van der Waals surface area (Å²) < 4.78 is 1.37. The lowest BCUT2D eigenvalue weighted by Crippen LogP contribution is -2.17. The summed E-state index contributed by atoms with van der Waals surface area (Å²) in [5.41, 5.74) is 2.28. The molecule has 2 heterocycles. The van der Waals surface area contributed by atoms with E-state index in [4.69, 9.17) is 0 Å². The summed E-state index contributed by atoms with van der Waals surface area (Å²) in [6.45, 7) is 5.47. The highest BCUT2D eigenvalue weighted by Crippen LogP contribution is 2.28. The van der Waals surface area contributed by atoms with Gasteiger partial charge >= 0.3 is 5.97 Å². The van der Waals surface area contributed by atoms with Crippen LogP contribution in [0.15, 0.2) is 60.9 Å². The maximum absolute atomic E-state index is 13.0. The molecule has 4 aromatic rings. The first kappa shape index (κ1) is 25.8. The van der Waals surface area contributed by atoms with Gasteiger partial charge in [-0.15, -0.1) is 0 Å². The van der Waals surface area contributed by atoms with Crippen LogP contribution in [0.25, 0.3) is 5.82 Å². The van der Waals surface area contributed by atoms with E-state index in [1.165, 1.54) is 17.1 Å². The minimum atomic E-state index is -1.19. The molecule has 0 aliphatic rings. The molecule has 1 amide bonds. The number of aromatic carboxylic acids is 1. The molecule has 11 nitrogen and oxygen atoms in total. The Labute approximate surface area is 219 Å². The molecule has 4 N–H and O–H groups in total. The normalized spacial score (nSPS) is 10.9. The Morgan fingerprint density at radius 2 is 1.87 bits per heavy atom. The van der Waals surface area contributed by atoms with E-state index >= 15 is 0 Å². The monoisotopic (exact) mass is 510 g/mol. The fourth-order valence-corrected chi connectivity index (χ4v) is 3.64. The summed E-state index contributed by atoms with van der Waals surface area (Å²) >= 11 is 0. The molecule has 0 spiro atoms. The average molecular weight is 511 g/mol. The first-order valence-corrected chi connectivity index (χ1v) is 11.7.